The van der Waals surface area contributed by atoms with Gasteiger partial charge < -0.3 is 4.74 Å². The van der Waals surface area contributed by atoms with E-state index in [1.807, 2.05) is 30.3 Å². The molecule has 0 aliphatic rings. The van der Waals surface area contributed by atoms with Crippen molar-refractivity contribution in [3.8, 4) is 22.7 Å². The Morgan fingerprint density at radius 1 is 1.03 bits per heavy atom. The monoisotopic (exact) mass is 425 g/mol. The van der Waals surface area contributed by atoms with Crippen LogP contribution >= 0.6 is 0 Å². The lowest BCUT2D eigenvalue weighted by molar-refractivity contribution is -0.384. The number of nitro benzene ring substituents is 1. The molecular formula is C25H19N3O4. The molecule has 0 amide bonds. The van der Waals surface area contributed by atoms with Gasteiger partial charge in [-0.25, -0.2) is 4.68 Å². The van der Waals surface area contributed by atoms with Crippen LogP contribution in [-0.4, -0.2) is 27.6 Å². The van der Waals surface area contributed by atoms with Crippen LogP contribution in [0.2, 0.25) is 0 Å². The Hall–Kier alpha value is -4.52. The molecule has 1 heterocycles. The lowest BCUT2D eigenvalue weighted by atomic mass is 10.1. The van der Waals surface area contributed by atoms with Crippen molar-refractivity contribution >= 4 is 17.5 Å². The van der Waals surface area contributed by atoms with Crippen LogP contribution in [0.15, 0.2) is 91.1 Å². The number of hydrogen-bond acceptors (Lipinski definition) is 5. The molecular weight excluding hydrogens is 406 g/mol. The third kappa shape index (κ3) is 4.46. The number of carbonyl (C=O) groups is 1. The molecule has 0 saturated carbocycles. The van der Waals surface area contributed by atoms with E-state index in [0.717, 1.165) is 5.69 Å². The van der Waals surface area contributed by atoms with Gasteiger partial charge in [0.1, 0.15) is 11.4 Å². The molecule has 7 nitrogen and oxygen atoms in total. The van der Waals surface area contributed by atoms with Gasteiger partial charge in [-0.05, 0) is 48.6 Å². The van der Waals surface area contributed by atoms with E-state index in [9.17, 15) is 14.9 Å². The number of methoxy groups -OCH3 is 1. The molecule has 32 heavy (non-hydrogen) atoms. The lowest BCUT2D eigenvalue weighted by Gasteiger charge is -2.01. The third-order valence-corrected chi connectivity index (χ3v) is 4.88. The van der Waals surface area contributed by atoms with Gasteiger partial charge in [0.05, 0.1) is 17.7 Å². The molecule has 0 radical (unpaired) electrons. The summed E-state index contributed by atoms with van der Waals surface area (Å²) in [5.74, 6) is 0.493. The molecule has 158 valence electrons. The van der Waals surface area contributed by atoms with Gasteiger partial charge in [0.15, 0.2) is 5.78 Å². The Kier molecular flexibility index (Phi) is 5.89. The fourth-order valence-electron chi connectivity index (χ4n) is 3.23. The minimum atomic E-state index is -0.444. The number of ether oxygens (including phenoxy) is 1. The molecule has 0 bridgehead atoms. The van der Waals surface area contributed by atoms with Crippen LogP contribution in [0.4, 0.5) is 5.69 Å². The van der Waals surface area contributed by atoms with Gasteiger partial charge in [0.25, 0.3) is 5.69 Å². The van der Waals surface area contributed by atoms with E-state index in [4.69, 9.17) is 4.74 Å². The summed E-state index contributed by atoms with van der Waals surface area (Å²) in [7, 11) is 1.57. The van der Waals surface area contributed by atoms with E-state index in [1.54, 1.807) is 60.5 Å². The summed E-state index contributed by atoms with van der Waals surface area (Å²) in [6.07, 6.45) is 4.93. The molecule has 4 rings (SSSR count). The second-order valence-corrected chi connectivity index (χ2v) is 6.95. The number of carbonyl (C=O) groups excluding carboxylic acids is 1. The van der Waals surface area contributed by atoms with E-state index in [2.05, 4.69) is 5.10 Å². The maximum absolute atomic E-state index is 12.6. The maximum atomic E-state index is 12.6. The van der Waals surface area contributed by atoms with Gasteiger partial charge >= 0.3 is 0 Å². The normalized spacial score (nSPS) is 10.9. The highest BCUT2D eigenvalue weighted by Gasteiger charge is 2.14. The molecule has 0 N–H and O–H groups in total. The Labute approximate surface area is 184 Å². The first-order valence-electron chi connectivity index (χ1n) is 9.81. The number of benzene rings is 3. The molecule has 1 aromatic heterocycles. The highest BCUT2D eigenvalue weighted by Crippen LogP contribution is 2.28. The number of ketones is 1. The van der Waals surface area contributed by atoms with Crippen LogP contribution in [0.3, 0.4) is 0 Å². The number of nitro groups is 1. The zero-order valence-corrected chi connectivity index (χ0v) is 17.2. The fourth-order valence-corrected chi connectivity index (χ4v) is 3.23. The van der Waals surface area contributed by atoms with E-state index in [0.29, 0.717) is 28.1 Å². The molecule has 4 aromatic rings. The maximum Gasteiger partial charge on any atom is 0.270 e. The van der Waals surface area contributed by atoms with Crippen LogP contribution in [0, 0.1) is 10.1 Å². The van der Waals surface area contributed by atoms with Crippen molar-refractivity contribution in [2.45, 2.75) is 0 Å². The molecule has 0 spiro atoms. The molecule has 7 heteroatoms. The Morgan fingerprint density at radius 2 is 1.78 bits per heavy atom. The number of non-ortho nitro benzene ring substituents is 1. The minimum Gasteiger partial charge on any atom is -0.497 e. The van der Waals surface area contributed by atoms with Gasteiger partial charge in [-0.2, -0.15) is 5.10 Å². The molecule has 0 aliphatic carbocycles. The average Bonchev–Trinajstić information content (AvgIpc) is 3.27. The predicted molar refractivity (Wildman–Crippen MR) is 122 cm³/mol. The van der Waals surface area contributed by atoms with Crippen molar-refractivity contribution in [3.63, 3.8) is 0 Å². The third-order valence-electron chi connectivity index (χ3n) is 4.88. The van der Waals surface area contributed by atoms with Gasteiger partial charge in [0, 0.05) is 35.0 Å². The number of para-hydroxylation sites is 1. The van der Waals surface area contributed by atoms with Crippen LogP contribution in [0.1, 0.15) is 15.9 Å². The number of allylic oxidation sites excluding steroid dienone is 1. The van der Waals surface area contributed by atoms with Gasteiger partial charge in [-0.1, -0.05) is 30.3 Å². The Morgan fingerprint density at radius 3 is 2.47 bits per heavy atom. The van der Waals surface area contributed by atoms with Crippen LogP contribution < -0.4 is 4.74 Å². The minimum absolute atomic E-state index is 0.0269. The van der Waals surface area contributed by atoms with Crippen molar-refractivity contribution < 1.29 is 14.5 Å². The second-order valence-electron chi connectivity index (χ2n) is 6.95. The van der Waals surface area contributed by atoms with Crippen molar-refractivity contribution in [2.75, 3.05) is 7.11 Å². The highest BCUT2D eigenvalue weighted by molar-refractivity contribution is 6.07. The van der Waals surface area contributed by atoms with Crippen molar-refractivity contribution in [1.82, 2.24) is 9.78 Å². The van der Waals surface area contributed by atoms with Gasteiger partial charge in [-0.3, -0.25) is 14.9 Å². The van der Waals surface area contributed by atoms with Crippen LogP contribution in [0.5, 0.6) is 5.75 Å². The number of nitrogens with zero attached hydrogens (tertiary/aromatic N) is 3. The molecule has 0 saturated heterocycles. The van der Waals surface area contributed by atoms with Crippen LogP contribution in [0.25, 0.3) is 23.0 Å². The Bertz CT molecular complexity index is 1290. The highest BCUT2D eigenvalue weighted by atomic mass is 16.6. The molecule has 0 fully saturated rings. The summed E-state index contributed by atoms with van der Waals surface area (Å²) < 4.78 is 6.81. The number of aromatic nitrogens is 2. The average molecular weight is 425 g/mol. The van der Waals surface area contributed by atoms with Crippen molar-refractivity contribution in [2.24, 2.45) is 0 Å². The number of rotatable bonds is 7. The van der Waals surface area contributed by atoms with E-state index in [-0.39, 0.29) is 11.5 Å². The largest absolute Gasteiger partial charge is 0.497 e. The van der Waals surface area contributed by atoms with Crippen LogP contribution in [-0.2, 0) is 0 Å². The summed E-state index contributed by atoms with van der Waals surface area (Å²) in [4.78, 5) is 23.4. The fraction of sp³-hybridized carbons (Fsp3) is 0.0400. The SMILES string of the molecule is COc1ccc(C(=O)C=Cc2cn(-c3ccccc3)nc2-c2cccc([N+](=O)[O-])c2)cc1. The van der Waals surface area contributed by atoms with Gasteiger partial charge in [0.2, 0.25) is 0 Å². The second kappa shape index (κ2) is 9.09. The molecule has 3 aromatic carbocycles. The summed E-state index contributed by atoms with van der Waals surface area (Å²) in [5.41, 5.74) is 3.12. The molecule has 0 atom stereocenters. The first-order valence-corrected chi connectivity index (χ1v) is 9.81. The molecule has 0 aliphatic heterocycles. The Balaban J connectivity index is 1.73. The standard InChI is InChI=1S/C25H19N3O4/c1-32-23-13-10-18(11-14-23)24(29)15-12-20-17-27(21-7-3-2-4-8-21)26-25(20)19-6-5-9-22(16-19)28(30)31/h2-17H,1H3. The summed E-state index contributed by atoms with van der Waals surface area (Å²) >= 11 is 0. The summed E-state index contributed by atoms with van der Waals surface area (Å²) in [5, 5.41) is 15.9. The molecule has 0 unspecified atom stereocenters. The predicted octanol–water partition coefficient (Wildman–Crippen LogP) is 5.35. The summed E-state index contributed by atoms with van der Waals surface area (Å²) in [6, 6.07) is 22.6. The van der Waals surface area contributed by atoms with Crippen molar-refractivity contribution in [1.29, 1.82) is 0 Å². The van der Waals surface area contributed by atoms with E-state index in [1.165, 1.54) is 18.2 Å². The van der Waals surface area contributed by atoms with Crippen molar-refractivity contribution in [3.05, 3.63) is 112 Å². The lowest BCUT2D eigenvalue weighted by Crippen LogP contribution is -1.94. The number of hydrogen-bond donors (Lipinski definition) is 0. The first kappa shape index (κ1) is 20.7. The van der Waals surface area contributed by atoms with Gasteiger partial charge in [-0.15, -0.1) is 0 Å². The zero-order valence-electron chi connectivity index (χ0n) is 17.2. The quantitative estimate of drug-likeness (QED) is 0.172. The summed E-state index contributed by atoms with van der Waals surface area (Å²) in [6.45, 7) is 0. The van der Waals surface area contributed by atoms with E-state index >= 15 is 0 Å². The first-order chi connectivity index (χ1) is 15.5. The zero-order chi connectivity index (χ0) is 22.5. The smallest absolute Gasteiger partial charge is 0.270 e. The van der Waals surface area contributed by atoms with E-state index < -0.39 is 4.92 Å². The topological polar surface area (TPSA) is 87.3 Å².